The lowest BCUT2D eigenvalue weighted by Gasteiger charge is -2.21. The minimum absolute atomic E-state index is 0.242. The smallest absolute Gasteiger partial charge is 0.0579 e. The van der Waals surface area contributed by atoms with E-state index in [4.69, 9.17) is 0 Å². The average molecular weight is 383 g/mol. The summed E-state index contributed by atoms with van der Waals surface area (Å²) in [6, 6.07) is 15.2. The zero-order valence-corrected chi connectivity index (χ0v) is 14.3. The lowest BCUT2D eigenvalue weighted by atomic mass is 9.95. The quantitative estimate of drug-likeness (QED) is 0.764. The van der Waals surface area contributed by atoms with Crippen molar-refractivity contribution < 1.29 is 0 Å². The van der Waals surface area contributed by atoms with Crippen molar-refractivity contribution in [3.63, 3.8) is 0 Å². The highest BCUT2D eigenvalue weighted by molar-refractivity contribution is 9.10. The Morgan fingerprint density at radius 2 is 1.63 bits per heavy atom. The number of benzene rings is 2. The van der Waals surface area contributed by atoms with E-state index in [1.54, 1.807) is 0 Å². The lowest BCUT2D eigenvalue weighted by molar-refractivity contribution is 0.627. The summed E-state index contributed by atoms with van der Waals surface area (Å²) in [6.45, 7) is 5.24. The molecule has 100 valence electrons. The minimum Gasteiger partial charge on any atom is -0.307 e. The van der Waals surface area contributed by atoms with E-state index in [0.29, 0.717) is 0 Å². The third-order valence-corrected chi connectivity index (χ3v) is 4.18. The molecule has 0 heterocycles. The highest BCUT2D eigenvalue weighted by Gasteiger charge is 2.15. The van der Waals surface area contributed by atoms with E-state index in [-0.39, 0.29) is 6.04 Å². The van der Waals surface area contributed by atoms with Crippen LogP contribution in [0.2, 0.25) is 0 Å². The summed E-state index contributed by atoms with van der Waals surface area (Å²) in [4.78, 5) is 0. The van der Waals surface area contributed by atoms with Gasteiger partial charge in [0, 0.05) is 8.95 Å². The van der Waals surface area contributed by atoms with Crippen molar-refractivity contribution in [3.8, 4) is 0 Å². The summed E-state index contributed by atoms with van der Waals surface area (Å²) in [6.07, 6.45) is 0. The number of hydrogen-bond donors (Lipinski definition) is 1. The molecule has 0 bridgehead atoms. The fourth-order valence-electron chi connectivity index (χ4n) is 2.23. The van der Waals surface area contributed by atoms with Gasteiger partial charge in [0.05, 0.1) is 6.04 Å². The lowest BCUT2D eigenvalue weighted by Crippen LogP contribution is -2.22. The molecule has 3 heteroatoms. The Hall–Kier alpha value is -0.640. The van der Waals surface area contributed by atoms with Gasteiger partial charge in [-0.25, -0.2) is 0 Å². The zero-order valence-electron chi connectivity index (χ0n) is 11.1. The molecule has 0 spiro atoms. The van der Waals surface area contributed by atoms with Gasteiger partial charge in [-0.1, -0.05) is 57.0 Å². The molecule has 0 aliphatic heterocycles. The highest BCUT2D eigenvalue weighted by atomic mass is 79.9. The third kappa shape index (κ3) is 3.68. The molecule has 1 nitrogen and oxygen atoms in total. The van der Waals surface area contributed by atoms with Gasteiger partial charge in [-0.15, -0.1) is 0 Å². The van der Waals surface area contributed by atoms with E-state index in [1.807, 2.05) is 0 Å². The Balaban J connectivity index is 2.41. The van der Waals surface area contributed by atoms with Gasteiger partial charge in [0.15, 0.2) is 0 Å². The van der Waals surface area contributed by atoms with Crippen LogP contribution in [0.25, 0.3) is 0 Å². The predicted octanol–water partition coefficient (Wildman–Crippen LogP) is 5.22. The van der Waals surface area contributed by atoms with Crippen molar-refractivity contribution in [2.45, 2.75) is 19.9 Å². The molecule has 0 saturated carbocycles. The molecule has 19 heavy (non-hydrogen) atoms. The van der Waals surface area contributed by atoms with Crippen LogP contribution in [0.4, 0.5) is 0 Å². The molecular formula is C16H17Br2N. The van der Waals surface area contributed by atoms with Crippen molar-refractivity contribution in [1.29, 1.82) is 0 Å². The second-order valence-electron chi connectivity index (χ2n) is 4.54. The summed E-state index contributed by atoms with van der Waals surface area (Å²) in [5, 5.41) is 3.56. The molecule has 0 amide bonds. The van der Waals surface area contributed by atoms with Crippen LogP contribution in [0.15, 0.2) is 51.4 Å². The SMILES string of the molecule is CCNC(c1ccc(Br)cc1)c1ccc(Br)cc1C. The molecule has 0 fully saturated rings. The Morgan fingerprint density at radius 1 is 1.00 bits per heavy atom. The number of halogens is 2. The fraction of sp³-hybridized carbons (Fsp3) is 0.250. The highest BCUT2D eigenvalue weighted by Crippen LogP contribution is 2.27. The van der Waals surface area contributed by atoms with Gasteiger partial charge in [-0.2, -0.15) is 0 Å². The van der Waals surface area contributed by atoms with Gasteiger partial charge in [-0.05, 0) is 54.4 Å². The summed E-state index contributed by atoms with van der Waals surface area (Å²) in [7, 11) is 0. The Bertz CT molecular complexity index is 549. The zero-order chi connectivity index (χ0) is 13.8. The van der Waals surface area contributed by atoms with E-state index >= 15 is 0 Å². The largest absolute Gasteiger partial charge is 0.307 e. The first kappa shape index (κ1) is 14.8. The Labute approximate surface area is 131 Å². The van der Waals surface area contributed by atoms with Crippen LogP contribution in [0.5, 0.6) is 0 Å². The standard InChI is InChI=1S/C16H17Br2N/c1-3-19-16(12-4-6-13(17)7-5-12)15-9-8-14(18)10-11(15)2/h4-10,16,19H,3H2,1-2H3. The van der Waals surface area contributed by atoms with Crippen LogP contribution in [0.3, 0.4) is 0 Å². The monoisotopic (exact) mass is 381 g/mol. The molecule has 0 aromatic heterocycles. The van der Waals surface area contributed by atoms with Crippen molar-refractivity contribution in [2.24, 2.45) is 0 Å². The van der Waals surface area contributed by atoms with Crippen LogP contribution >= 0.6 is 31.9 Å². The molecule has 0 aliphatic carbocycles. The summed E-state index contributed by atoms with van der Waals surface area (Å²) < 4.78 is 2.24. The topological polar surface area (TPSA) is 12.0 Å². The van der Waals surface area contributed by atoms with Crippen molar-refractivity contribution in [1.82, 2.24) is 5.32 Å². The molecule has 1 N–H and O–H groups in total. The molecule has 2 aromatic carbocycles. The van der Waals surface area contributed by atoms with E-state index in [9.17, 15) is 0 Å². The number of nitrogens with one attached hydrogen (secondary N) is 1. The van der Waals surface area contributed by atoms with Crippen LogP contribution in [0.1, 0.15) is 29.7 Å². The van der Waals surface area contributed by atoms with Gasteiger partial charge < -0.3 is 5.32 Å². The summed E-state index contributed by atoms with van der Waals surface area (Å²) in [5.41, 5.74) is 3.91. The number of rotatable bonds is 4. The summed E-state index contributed by atoms with van der Waals surface area (Å²) >= 11 is 7.01. The van der Waals surface area contributed by atoms with Crippen molar-refractivity contribution in [2.75, 3.05) is 6.54 Å². The Morgan fingerprint density at radius 3 is 2.21 bits per heavy atom. The van der Waals surface area contributed by atoms with E-state index in [0.717, 1.165) is 15.5 Å². The second-order valence-corrected chi connectivity index (χ2v) is 6.37. The van der Waals surface area contributed by atoms with Gasteiger partial charge in [0.1, 0.15) is 0 Å². The first-order chi connectivity index (χ1) is 9.11. The van der Waals surface area contributed by atoms with Crippen LogP contribution in [0, 0.1) is 6.92 Å². The number of aryl methyl sites for hydroxylation is 1. The van der Waals surface area contributed by atoms with Gasteiger partial charge >= 0.3 is 0 Å². The molecule has 1 unspecified atom stereocenters. The van der Waals surface area contributed by atoms with Gasteiger partial charge in [-0.3, -0.25) is 0 Å². The molecule has 0 radical (unpaired) electrons. The first-order valence-corrected chi connectivity index (χ1v) is 7.95. The predicted molar refractivity (Wildman–Crippen MR) is 88.5 cm³/mol. The molecule has 1 atom stereocenters. The normalized spacial score (nSPS) is 12.4. The minimum atomic E-state index is 0.242. The molecule has 0 saturated heterocycles. The van der Waals surface area contributed by atoms with E-state index in [1.165, 1.54) is 16.7 Å². The van der Waals surface area contributed by atoms with Crippen LogP contribution in [-0.2, 0) is 0 Å². The maximum Gasteiger partial charge on any atom is 0.0579 e. The molecule has 2 rings (SSSR count). The fourth-order valence-corrected chi connectivity index (χ4v) is 2.97. The maximum absolute atomic E-state index is 3.56. The average Bonchev–Trinajstić information content (AvgIpc) is 2.38. The number of hydrogen-bond acceptors (Lipinski definition) is 1. The third-order valence-electron chi connectivity index (χ3n) is 3.15. The van der Waals surface area contributed by atoms with Crippen LogP contribution < -0.4 is 5.32 Å². The van der Waals surface area contributed by atoms with Gasteiger partial charge in [0.25, 0.3) is 0 Å². The summed E-state index contributed by atoms with van der Waals surface area (Å²) in [5.74, 6) is 0. The Kier molecular flexibility index (Phi) is 5.20. The maximum atomic E-state index is 3.56. The molecule has 0 aliphatic rings. The van der Waals surface area contributed by atoms with Crippen LogP contribution in [-0.4, -0.2) is 6.54 Å². The van der Waals surface area contributed by atoms with Crippen molar-refractivity contribution >= 4 is 31.9 Å². The molecule has 2 aromatic rings. The first-order valence-electron chi connectivity index (χ1n) is 6.36. The second kappa shape index (κ2) is 6.69. The van der Waals surface area contributed by atoms with E-state index < -0.39 is 0 Å². The van der Waals surface area contributed by atoms with E-state index in [2.05, 4.69) is 93.5 Å². The van der Waals surface area contributed by atoms with Crippen molar-refractivity contribution in [3.05, 3.63) is 68.1 Å². The van der Waals surface area contributed by atoms with Gasteiger partial charge in [0.2, 0.25) is 0 Å². The molecular weight excluding hydrogens is 366 g/mol.